The zero-order chi connectivity index (χ0) is 37.7. The van der Waals surface area contributed by atoms with Crippen LogP contribution in [-0.2, 0) is 29.7 Å². The van der Waals surface area contributed by atoms with Crippen molar-refractivity contribution in [3.8, 4) is 22.9 Å². The van der Waals surface area contributed by atoms with E-state index in [1.165, 1.54) is 10.6 Å². The van der Waals surface area contributed by atoms with E-state index in [4.69, 9.17) is 29.4 Å². The number of aryl methyl sites for hydroxylation is 1. The van der Waals surface area contributed by atoms with Crippen LogP contribution in [0.5, 0.6) is 11.5 Å². The summed E-state index contributed by atoms with van der Waals surface area (Å²) in [4.78, 5) is 28.4. The minimum Gasteiger partial charge on any atom is -0.497 e. The van der Waals surface area contributed by atoms with Gasteiger partial charge in [-0.1, -0.05) is 30.3 Å². The second-order valence-electron chi connectivity index (χ2n) is 13.3. The largest absolute Gasteiger partial charge is 0.497 e. The number of anilines is 3. The van der Waals surface area contributed by atoms with Crippen LogP contribution in [0.4, 0.5) is 17.5 Å². The molecule has 1 aliphatic rings. The molecule has 1 saturated heterocycles. The van der Waals surface area contributed by atoms with Crippen molar-refractivity contribution < 1.29 is 17.9 Å². The number of benzene rings is 3. The monoisotopic (exact) mass is 745 g/mol. The third-order valence-electron chi connectivity index (χ3n) is 9.38. The van der Waals surface area contributed by atoms with E-state index in [1.54, 1.807) is 20.4 Å². The molecular formula is C40H43N9O4S. The Hall–Kier alpha value is -5.70. The first-order valence-corrected chi connectivity index (χ1v) is 19.5. The Morgan fingerprint density at radius 2 is 1.43 bits per heavy atom. The molecule has 0 radical (unpaired) electrons. The molecule has 0 aliphatic carbocycles. The van der Waals surface area contributed by atoms with Crippen LogP contribution in [0.2, 0.25) is 0 Å². The summed E-state index contributed by atoms with van der Waals surface area (Å²) in [5, 5.41) is 5.61. The maximum Gasteiger partial charge on any atom is 0.229 e. The first-order chi connectivity index (χ1) is 26.1. The van der Waals surface area contributed by atoms with Gasteiger partial charge in [-0.3, -0.25) is 9.88 Å². The van der Waals surface area contributed by atoms with Crippen LogP contribution < -0.4 is 19.7 Å². The maximum absolute atomic E-state index is 12.1. The third-order valence-corrected chi connectivity index (χ3v) is 10.7. The van der Waals surface area contributed by atoms with Gasteiger partial charge in [-0.25, -0.2) is 18.4 Å². The number of hydrogen-bond donors (Lipinski definition) is 1. The van der Waals surface area contributed by atoms with Crippen molar-refractivity contribution >= 4 is 38.2 Å². The predicted octanol–water partition coefficient (Wildman–Crippen LogP) is 5.84. The van der Waals surface area contributed by atoms with Crippen LogP contribution in [0.1, 0.15) is 22.5 Å². The zero-order valence-corrected chi connectivity index (χ0v) is 31.6. The van der Waals surface area contributed by atoms with Gasteiger partial charge in [0.15, 0.2) is 5.82 Å². The molecule has 3 aromatic heterocycles. The van der Waals surface area contributed by atoms with Crippen molar-refractivity contribution in [2.45, 2.75) is 26.6 Å². The summed E-state index contributed by atoms with van der Waals surface area (Å²) in [6.45, 7) is 5.67. The highest BCUT2D eigenvalue weighted by atomic mass is 32.2. The summed E-state index contributed by atoms with van der Waals surface area (Å²) in [5.74, 6) is 3.73. The lowest BCUT2D eigenvalue weighted by Crippen LogP contribution is -2.47. The van der Waals surface area contributed by atoms with Gasteiger partial charge in [0.1, 0.15) is 23.1 Å². The number of methoxy groups -OCH3 is 2. The van der Waals surface area contributed by atoms with Gasteiger partial charge < -0.3 is 19.7 Å². The average molecular weight is 746 g/mol. The number of nitrogens with one attached hydrogen (secondary N) is 1. The summed E-state index contributed by atoms with van der Waals surface area (Å²) in [6, 6.07) is 26.1. The number of hydrogen-bond acceptors (Lipinski definition) is 12. The topological polar surface area (TPSA) is 139 Å². The van der Waals surface area contributed by atoms with Gasteiger partial charge in [-0.2, -0.15) is 14.3 Å². The molecule has 0 spiro atoms. The molecule has 4 heterocycles. The summed E-state index contributed by atoms with van der Waals surface area (Å²) in [6.07, 6.45) is 6.73. The van der Waals surface area contributed by atoms with Crippen molar-refractivity contribution in [3.63, 3.8) is 0 Å². The van der Waals surface area contributed by atoms with Crippen molar-refractivity contribution in [2.24, 2.45) is 0 Å². The number of fused-ring (bicyclic) bond motifs is 1. The maximum atomic E-state index is 12.1. The molecule has 0 amide bonds. The summed E-state index contributed by atoms with van der Waals surface area (Å²) < 4.78 is 36.6. The first-order valence-electron chi connectivity index (χ1n) is 17.6. The number of ether oxygens (including phenoxy) is 2. The van der Waals surface area contributed by atoms with Crippen LogP contribution >= 0.6 is 0 Å². The fraction of sp³-hybridized carbons (Fsp3) is 0.275. The van der Waals surface area contributed by atoms with E-state index in [0.29, 0.717) is 74.8 Å². The highest BCUT2D eigenvalue weighted by Gasteiger charge is 2.24. The number of rotatable bonds is 13. The van der Waals surface area contributed by atoms with E-state index in [0.717, 1.165) is 44.6 Å². The van der Waals surface area contributed by atoms with Gasteiger partial charge in [0.25, 0.3) is 0 Å². The van der Waals surface area contributed by atoms with Crippen molar-refractivity contribution in [1.29, 1.82) is 0 Å². The van der Waals surface area contributed by atoms with Gasteiger partial charge in [0.2, 0.25) is 16.0 Å². The molecule has 0 unspecified atom stereocenters. The Bertz CT molecular complexity index is 2280. The van der Waals surface area contributed by atoms with Crippen LogP contribution in [-0.4, -0.2) is 89.2 Å². The van der Waals surface area contributed by atoms with E-state index >= 15 is 0 Å². The Morgan fingerprint density at radius 1 is 0.759 bits per heavy atom. The fourth-order valence-corrected chi connectivity index (χ4v) is 7.30. The molecule has 0 atom stereocenters. The fourth-order valence-electron chi connectivity index (χ4n) is 6.47. The SMILES string of the molecule is COc1ccc(CN(Cc2ccc(OC)cc2)c2nc(C)nc(-c3cc(CN4CCN(S(C)(=O)=O)CC4)cnc3Nc3ccc4ccncc4c3)n2)cc1. The highest BCUT2D eigenvalue weighted by Crippen LogP contribution is 2.31. The molecule has 1 fully saturated rings. The molecule has 13 nitrogen and oxygen atoms in total. The standard InChI is InChI=1S/C40H43N9O4S/c1-28-43-39(46-40(44-28)48(26-29-5-11-35(52-2)12-6-29)27-30-7-13-36(53-3)14-8-30)37-21-31(25-47-17-19-49(20-18-47)54(4,50)51)23-42-38(37)45-34-10-9-32-15-16-41-24-33(32)22-34/h5-16,21-24H,17-20,25-27H2,1-4H3,(H,42,45). The van der Waals surface area contributed by atoms with Gasteiger partial charge >= 0.3 is 0 Å². The number of pyridine rings is 2. The van der Waals surface area contributed by atoms with Gasteiger partial charge in [-0.05, 0) is 77.5 Å². The second kappa shape index (κ2) is 16.1. The minimum absolute atomic E-state index is 0.448. The average Bonchev–Trinajstić information content (AvgIpc) is 3.18. The number of nitrogens with zero attached hydrogens (tertiary/aromatic N) is 8. The molecule has 54 heavy (non-hydrogen) atoms. The smallest absolute Gasteiger partial charge is 0.229 e. The zero-order valence-electron chi connectivity index (χ0n) is 30.8. The van der Waals surface area contributed by atoms with E-state index in [2.05, 4.69) is 26.2 Å². The normalized spacial score (nSPS) is 13.9. The minimum atomic E-state index is -3.23. The van der Waals surface area contributed by atoms with Crippen LogP contribution in [0.3, 0.4) is 0 Å². The van der Waals surface area contributed by atoms with E-state index in [1.807, 2.05) is 92.1 Å². The highest BCUT2D eigenvalue weighted by molar-refractivity contribution is 7.88. The Kier molecular flexibility index (Phi) is 10.9. The van der Waals surface area contributed by atoms with Crippen molar-refractivity contribution in [2.75, 3.05) is 56.9 Å². The van der Waals surface area contributed by atoms with Gasteiger partial charge in [0.05, 0.1) is 26.0 Å². The molecule has 1 aliphatic heterocycles. The molecular weight excluding hydrogens is 703 g/mol. The Balaban J connectivity index is 1.26. The van der Waals surface area contributed by atoms with Crippen LogP contribution in [0, 0.1) is 6.92 Å². The number of piperazine rings is 1. The lowest BCUT2D eigenvalue weighted by atomic mass is 10.1. The molecule has 6 aromatic rings. The molecule has 0 saturated carbocycles. The van der Waals surface area contributed by atoms with Gasteiger partial charge in [0, 0.05) is 75.5 Å². The molecule has 3 aromatic carbocycles. The molecule has 278 valence electrons. The number of sulfonamides is 1. The number of aromatic nitrogens is 5. The van der Waals surface area contributed by atoms with Crippen LogP contribution in [0.25, 0.3) is 22.2 Å². The van der Waals surface area contributed by atoms with Crippen molar-refractivity contribution in [1.82, 2.24) is 34.1 Å². The first kappa shape index (κ1) is 36.6. The summed E-state index contributed by atoms with van der Waals surface area (Å²) >= 11 is 0. The Morgan fingerprint density at radius 3 is 2.06 bits per heavy atom. The Labute approximate surface area is 315 Å². The predicted molar refractivity (Wildman–Crippen MR) is 210 cm³/mol. The summed E-state index contributed by atoms with van der Waals surface area (Å²) in [5.41, 5.74) is 4.65. The quantitative estimate of drug-likeness (QED) is 0.152. The molecule has 1 N–H and O–H groups in total. The van der Waals surface area contributed by atoms with E-state index in [9.17, 15) is 8.42 Å². The molecule has 0 bridgehead atoms. The van der Waals surface area contributed by atoms with Gasteiger partial charge in [-0.15, -0.1) is 0 Å². The molecule has 14 heteroatoms. The van der Waals surface area contributed by atoms with E-state index in [-0.39, 0.29) is 0 Å². The molecule has 7 rings (SSSR count). The lowest BCUT2D eigenvalue weighted by Gasteiger charge is -2.33. The third kappa shape index (κ3) is 8.90. The van der Waals surface area contributed by atoms with Crippen molar-refractivity contribution in [3.05, 3.63) is 120 Å². The second-order valence-corrected chi connectivity index (χ2v) is 15.3. The lowest BCUT2D eigenvalue weighted by molar-refractivity contribution is 0.182. The summed E-state index contributed by atoms with van der Waals surface area (Å²) in [7, 11) is 0.0805. The van der Waals surface area contributed by atoms with E-state index < -0.39 is 10.0 Å². The van der Waals surface area contributed by atoms with Crippen LogP contribution in [0.15, 0.2) is 97.5 Å².